The maximum Gasteiger partial charge on any atom is 0.328 e. The van der Waals surface area contributed by atoms with Gasteiger partial charge in [0.2, 0.25) is 5.91 Å². The Balaban J connectivity index is 1.93. The highest BCUT2D eigenvalue weighted by Crippen LogP contribution is 2.22. The second-order valence-corrected chi connectivity index (χ2v) is 6.46. The first kappa shape index (κ1) is 20.7. The highest BCUT2D eigenvalue weighted by atomic mass is 35.5. The summed E-state index contributed by atoms with van der Waals surface area (Å²) in [6.07, 6.45) is 0.278. The van der Waals surface area contributed by atoms with E-state index in [1.165, 1.54) is 25.3 Å². The van der Waals surface area contributed by atoms with Crippen molar-refractivity contribution in [1.82, 2.24) is 10.6 Å². The van der Waals surface area contributed by atoms with Gasteiger partial charge in [-0.3, -0.25) is 9.59 Å². The molecular weight excluding hydrogens is 391 g/mol. The van der Waals surface area contributed by atoms with Crippen LogP contribution in [0.2, 0.25) is 10.0 Å². The Morgan fingerprint density at radius 3 is 2.37 bits per heavy atom. The summed E-state index contributed by atoms with van der Waals surface area (Å²) in [5.41, 5.74) is 1.14. The summed E-state index contributed by atoms with van der Waals surface area (Å²) in [5, 5.41) is 5.60. The van der Waals surface area contributed by atoms with Gasteiger partial charge in [-0.05, 0) is 23.8 Å². The van der Waals surface area contributed by atoms with Crippen molar-refractivity contribution in [3.63, 3.8) is 0 Å². The Kier molecular flexibility index (Phi) is 7.64. The number of esters is 1. The zero-order chi connectivity index (χ0) is 19.8. The normalized spacial score (nSPS) is 11.4. The van der Waals surface area contributed by atoms with Crippen LogP contribution >= 0.6 is 23.2 Å². The number of carbonyl (C=O) groups excluding carboxylic acids is 3. The Morgan fingerprint density at radius 2 is 1.74 bits per heavy atom. The van der Waals surface area contributed by atoms with Crippen molar-refractivity contribution in [2.24, 2.45) is 0 Å². The van der Waals surface area contributed by atoms with Crippen LogP contribution in [0.15, 0.2) is 48.5 Å². The molecule has 6 nitrogen and oxygen atoms in total. The van der Waals surface area contributed by atoms with Crippen molar-refractivity contribution < 1.29 is 19.1 Å². The molecule has 0 radical (unpaired) electrons. The van der Waals surface area contributed by atoms with Crippen LogP contribution in [0.1, 0.15) is 15.9 Å². The molecule has 0 unspecified atom stereocenters. The molecular formula is C19H18Cl2N2O4. The summed E-state index contributed by atoms with van der Waals surface area (Å²) in [4.78, 5) is 36.2. The minimum absolute atomic E-state index is 0.238. The van der Waals surface area contributed by atoms with Crippen molar-refractivity contribution in [1.29, 1.82) is 0 Å². The van der Waals surface area contributed by atoms with Crippen LogP contribution in [-0.2, 0) is 20.7 Å². The second-order valence-electron chi connectivity index (χ2n) is 5.64. The van der Waals surface area contributed by atoms with Crippen LogP contribution in [0.4, 0.5) is 0 Å². The monoisotopic (exact) mass is 408 g/mol. The summed E-state index contributed by atoms with van der Waals surface area (Å²) in [6, 6.07) is 12.7. The molecule has 0 aromatic heterocycles. The minimum atomic E-state index is -0.855. The number of halogens is 2. The van der Waals surface area contributed by atoms with Gasteiger partial charge in [-0.2, -0.15) is 0 Å². The molecule has 0 saturated carbocycles. The van der Waals surface area contributed by atoms with Crippen molar-refractivity contribution in [2.75, 3.05) is 13.7 Å². The second kappa shape index (κ2) is 9.94. The van der Waals surface area contributed by atoms with E-state index in [1.54, 1.807) is 0 Å². The fourth-order valence-electron chi connectivity index (χ4n) is 2.33. The van der Waals surface area contributed by atoms with Crippen LogP contribution in [-0.4, -0.2) is 37.5 Å². The van der Waals surface area contributed by atoms with Crippen molar-refractivity contribution in [3.05, 3.63) is 69.7 Å². The number of ether oxygens (including phenoxy) is 1. The highest BCUT2D eigenvalue weighted by molar-refractivity contribution is 6.42. The lowest BCUT2D eigenvalue weighted by atomic mass is 10.1. The zero-order valence-electron chi connectivity index (χ0n) is 14.5. The van der Waals surface area contributed by atoms with Gasteiger partial charge in [0.05, 0.1) is 23.7 Å². The highest BCUT2D eigenvalue weighted by Gasteiger charge is 2.22. The molecule has 142 valence electrons. The summed E-state index contributed by atoms with van der Waals surface area (Å²) >= 11 is 11.7. The average molecular weight is 409 g/mol. The van der Waals surface area contributed by atoms with Gasteiger partial charge in [0.25, 0.3) is 5.91 Å². The number of benzene rings is 2. The third-order valence-electron chi connectivity index (χ3n) is 3.69. The van der Waals surface area contributed by atoms with Crippen molar-refractivity contribution >= 4 is 41.0 Å². The van der Waals surface area contributed by atoms with Crippen LogP contribution in [0.3, 0.4) is 0 Å². The summed E-state index contributed by atoms with van der Waals surface area (Å²) in [5.74, 6) is -1.57. The van der Waals surface area contributed by atoms with E-state index in [-0.39, 0.29) is 23.6 Å². The molecule has 0 heterocycles. The van der Waals surface area contributed by atoms with E-state index in [1.807, 2.05) is 30.3 Å². The Hall–Kier alpha value is -2.57. The Morgan fingerprint density at radius 1 is 1.04 bits per heavy atom. The Bertz CT molecular complexity index is 828. The van der Waals surface area contributed by atoms with Crippen LogP contribution in [0, 0.1) is 0 Å². The molecule has 2 aromatic carbocycles. The first-order valence-corrected chi connectivity index (χ1v) is 8.80. The lowest BCUT2D eigenvalue weighted by molar-refractivity contribution is -0.144. The number of hydrogen-bond donors (Lipinski definition) is 2. The molecule has 8 heteroatoms. The maximum absolute atomic E-state index is 12.1. The molecule has 0 aliphatic heterocycles. The van der Waals surface area contributed by atoms with E-state index in [0.717, 1.165) is 5.56 Å². The topological polar surface area (TPSA) is 84.5 Å². The molecule has 2 rings (SSSR count). The third kappa shape index (κ3) is 6.27. The van der Waals surface area contributed by atoms with Crippen molar-refractivity contribution in [2.45, 2.75) is 12.5 Å². The smallest absolute Gasteiger partial charge is 0.328 e. The van der Waals surface area contributed by atoms with E-state index in [2.05, 4.69) is 10.6 Å². The Labute approximate surface area is 166 Å². The SMILES string of the molecule is COC(=O)[C@@H](Cc1ccccc1)NC(=O)CNC(=O)c1ccc(Cl)c(Cl)c1. The maximum atomic E-state index is 12.1. The molecule has 2 aromatic rings. The van der Waals surface area contributed by atoms with Gasteiger partial charge in [0.15, 0.2) is 0 Å². The van der Waals surface area contributed by atoms with E-state index < -0.39 is 23.8 Å². The zero-order valence-corrected chi connectivity index (χ0v) is 16.0. The van der Waals surface area contributed by atoms with Gasteiger partial charge in [0, 0.05) is 12.0 Å². The van der Waals surface area contributed by atoms with E-state index in [4.69, 9.17) is 27.9 Å². The van der Waals surface area contributed by atoms with Crippen LogP contribution in [0.5, 0.6) is 0 Å². The number of amides is 2. The van der Waals surface area contributed by atoms with Gasteiger partial charge in [-0.25, -0.2) is 4.79 Å². The number of hydrogen-bond acceptors (Lipinski definition) is 4. The molecule has 0 aliphatic carbocycles. The molecule has 0 aliphatic rings. The summed E-state index contributed by atoms with van der Waals surface area (Å²) in [6.45, 7) is -0.304. The number of methoxy groups -OCH3 is 1. The van der Waals surface area contributed by atoms with Gasteiger partial charge >= 0.3 is 5.97 Å². The third-order valence-corrected chi connectivity index (χ3v) is 4.43. The fourth-order valence-corrected chi connectivity index (χ4v) is 2.63. The molecule has 0 bridgehead atoms. The van der Waals surface area contributed by atoms with Gasteiger partial charge < -0.3 is 15.4 Å². The largest absolute Gasteiger partial charge is 0.467 e. The molecule has 0 saturated heterocycles. The molecule has 2 N–H and O–H groups in total. The molecule has 0 fully saturated rings. The lowest BCUT2D eigenvalue weighted by Gasteiger charge is -2.17. The fraction of sp³-hybridized carbons (Fsp3) is 0.211. The summed E-state index contributed by atoms with van der Waals surface area (Å²) < 4.78 is 4.74. The van der Waals surface area contributed by atoms with E-state index >= 15 is 0 Å². The van der Waals surface area contributed by atoms with Crippen molar-refractivity contribution in [3.8, 4) is 0 Å². The number of rotatable bonds is 7. The van der Waals surface area contributed by atoms with Gasteiger partial charge in [0.1, 0.15) is 6.04 Å². The molecule has 27 heavy (non-hydrogen) atoms. The van der Waals surface area contributed by atoms with Gasteiger partial charge in [-0.15, -0.1) is 0 Å². The quantitative estimate of drug-likeness (QED) is 0.689. The summed E-state index contributed by atoms with van der Waals surface area (Å²) in [7, 11) is 1.25. The average Bonchev–Trinajstić information content (AvgIpc) is 2.67. The van der Waals surface area contributed by atoms with Crippen LogP contribution < -0.4 is 10.6 Å². The number of nitrogens with one attached hydrogen (secondary N) is 2. The molecule has 2 amide bonds. The van der Waals surface area contributed by atoms with E-state index in [0.29, 0.717) is 5.02 Å². The number of carbonyl (C=O) groups is 3. The van der Waals surface area contributed by atoms with Crippen LogP contribution in [0.25, 0.3) is 0 Å². The first-order chi connectivity index (χ1) is 12.9. The van der Waals surface area contributed by atoms with E-state index in [9.17, 15) is 14.4 Å². The standard InChI is InChI=1S/C19H18Cl2N2O4/c1-27-19(26)16(9-12-5-3-2-4-6-12)23-17(24)11-22-18(25)13-7-8-14(20)15(21)10-13/h2-8,10,16H,9,11H2,1H3,(H,22,25)(H,23,24)/t16-/m1/s1. The first-order valence-electron chi connectivity index (χ1n) is 8.05. The molecule has 0 spiro atoms. The predicted octanol–water partition coefficient (Wildman–Crippen LogP) is 2.62. The predicted molar refractivity (Wildman–Crippen MR) is 103 cm³/mol. The minimum Gasteiger partial charge on any atom is -0.467 e. The molecule has 1 atom stereocenters. The lowest BCUT2D eigenvalue weighted by Crippen LogP contribution is -2.47. The van der Waals surface area contributed by atoms with Gasteiger partial charge in [-0.1, -0.05) is 53.5 Å².